The number of nitrogens with one attached hydrogen (secondary N) is 3. The first-order chi connectivity index (χ1) is 13.4. The third kappa shape index (κ3) is 6.42. The maximum Gasteiger partial charge on any atom is 0.276 e. The molecule has 2 aromatic rings. The summed E-state index contributed by atoms with van der Waals surface area (Å²) in [5.74, 6) is -0.364. The Labute approximate surface area is 164 Å². The molecule has 0 unspecified atom stereocenters. The highest BCUT2D eigenvalue weighted by molar-refractivity contribution is 5.95. The molecular formula is C21H25N3O4. The van der Waals surface area contributed by atoms with Crippen molar-refractivity contribution >= 4 is 23.3 Å². The van der Waals surface area contributed by atoms with Crippen LogP contribution in [0.15, 0.2) is 42.5 Å². The Balaban J connectivity index is 1.70. The van der Waals surface area contributed by atoms with Crippen LogP contribution < -0.4 is 20.9 Å². The van der Waals surface area contributed by atoms with E-state index in [2.05, 4.69) is 16.2 Å². The molecule has 2 amide bonds. The summed E-state index contributed by atoms with van der Waals surface area (Å²) in [6.45, 7) is 5.52. The molecule has 0 bridgehead atoms. The molecule has 3 N–H and O–H groups in total. The first-order valence-corrected chi connectivity index (χ1v) is 9.04. The minimum Gasteiger partial charge on any atom is -0.484 e. The minimum absolute atomic E-state index is 0.0258. The van der Waals surface area contributed by atoms with Gasteiger partial charge in [-0.05, 0) is 49.7 Å². The number of ketones is 1. The van der Waals surface area contributed by atoms with Gasteiger partial charge in [-0.3, -0.25) is 25.2 Å². The van der Waals surface area contributed by atoms with E-state index in [1.54, 1.807) is 31.2 Å². The van der Waals surface area contributed by atoms with Crippen molar-refractivity contribution in [3.8, 4) is 5.75 Å². The molecule has 0 spiro atoms. The second-order valence-electron chi connectivity index (χ2n) is 6.36. The maximum absolute atomic E-state index is 11.8. The normalized spacial score (nSPS) is 10.1. The van der Waals surface area contributed by atoms with Gasteiger partial charge in [-0.15, -0.1) is 0 Å². The highest BCUT2D eigenvalue weighted by Gasteiger charge is 2.07. The third-order valence-electron chi connectivity index (χ3n) is 4.03. The molecule has 0 aliphatic carbocycles. The Morgan fingerprint density at radius 2 is 1.61 bits per heavy atom. The molecule has 28 heavy (non-hydrogen) atoms. The van der Waals surface area contributed by atoms with Crippen LogP contribution in [0.25, 0.3) is 0 Å². The molecule has 0 radical (unpaired) electrons. The molecule has 148 valence electrons. The lowest BCUT2D eigenvalue weighted by molar-refractivity contribution is -0.129. The van der Waals surface area contributed by atoms with E-state index in [9.17, 15) is 14.4 Å². The van der Waals surface area contributed by atoms with E-state index in [1.807, 2.05) is 32.0 Å². The lowest BCUT2D eigenvalue weighted by Gasteiger charge is -2.11. The van der Waals surface area contributed by atoms with Crippen molar-refractivity contribution in [1.82, 2.24) is 10.9 Å². The summed E-state index contributed by atoms with van der Waals surface area (Å²) in [7, 11) is 0. The maximum atomic E-state index is 11.8. The van der Waals surface area contributed by atoms with Crippen LogP contribution in [0.2, 0.25) is 0 Å². The molecule has 0 aliphatic rings. The average Bonchev–Trinajstić information content (AvgIpc) is 2.69. The average molecular weight is 383 g/mol. The van der Waals surface area contributed by atoms with Crippen LogP contribution in [0.4, 0.5) is 5.69 Å². The molecule has 0 saturated carbocycles. The van der Waals surface area contributed by atoms with Gasteiger partial charge in [-0.25, -0.2) is 0 Å². The van der Waals surface area contributed by atoms with Crippen molar-refractivity contribution in [3.63, 3.8) is 0 Å². The Hall–Kier alpha value is -3.35. The van der Waals surface area contributed by atoms with Gasteiger partial charge in [0, 0.05) is 17.7 Å². The molecule has 7 heteroatoms. The molecular weight excluding hydrogens is 358 g/mol. The van der Waals surface area contributed by atoms with Crippen LogP contribution in [0, 0.1) is 13.8 Å². The molecule has 0 fully saturated rings. The van der Waals surface area contributed by atoms with Gasteiger partial charge in [-0.2, -0.15) is 0 Å². The molecule has 2 aromatic carbocycles. The number of hydrogen-bond acceptors (Lipinski definition) is 5. The van der Waals surface area contributed by atoms with Gasteiger partial charge < -0.3 is 10.1 Å². The quantitative estimate of drug-likeness (QED) is 0.481. The second kappa shape index (κ2) is 10.1. The van der Waals surface area contributed by atoms with E-state index in [0.717, 1.165) is 16.8 Å². The number of aryl methyl sites for hydroxylation is 2. The smallest absolute Gasteiger partial charge is 0.276 e. The third-order valence-corrected chi connectivity index (χ3v) is 4.03. The number of ether oxygens (including phenoxy) is 1. The fourth-order valence-corrected chi connectivity index (χ4v) is 2.50. The van der Waals surface area contributed by atoms with Crippen LogP contribution in [0.5, 0.6) is 5.75 Å². The van der Waals surface area contributed by atoms with Crippen molar-refractivity contribution < 1.29 is 19.1 Å². The van der Waals surface area contributed by atoms with Crippen LogP contribution in [-0.4, -0.2) is 30.7 Å². The largest absolute Gasteiger partial charge is 0.484 e. The number of amides is 2. The molecule has 0 heterocycles. The van der Waals surface area contributed by atoms with Crippen LogP contribution >= 0.6 is 0 Å². The molecule has 0 atom stereocenters. The Bertz CT molecular complexity index is 847. The van der Waals surface area contributed by atoms with Crippen LogP contribution in [0.1, 0.15) is 34.8 Å². The lowest BCUT2D eigenvalue weighted by Crippen LogP contribution is -2.46. The van der Waals surface area contributed by atoms with Crippen molar-refractivity contribution in [2.75, 3.05) is 18.5 Å². The summed E-state index contributed by atoms with van der Waals surface area (Å²) in [5.41, 5.74) is 8.26. The van der Waals surface area contributed by atoms with E-state index in [0.29, 0.717) is 17.7 Å². The van der Waals surface area contributed by atoms with Crippen molar-refractivity contribution in [2.45, 2.75) is 27.2 Å². The summed E-state index contributed by atoms with van der Waals surface area (Å²) >= 11 is 0. The zero-order chi connectivity index (χ0) is 20.5. The van der Waals surface area contributed by atoms with E-state index < -0.39 is 5.91 Å². The zero-order valence-corrected chi connectivity index (χ0v) is 16.3. The highest BCUT2D eigenvalue weighted by atomic mass is 16.5. The second-order valence-corrected chi connectivity index (χ2v) is 6.36. The summed E-state index contributed by atoms with van der Waals surface area (Å²) in [6.07, 6.45) is 0.431. The van der Waals surface area contributed by atoms with Crippen LogP contribution in [-0.2, 0) is 9.59 Å². The van der Waals surface area contributed by atoms with E-state index in [-0.39, 0.29) is 24.8 Å². The predicted molar refractivity (Wildman–Crippen MR) is 107 cm³/mol. The van der Waals surface area contributed by atoms with Gasteiger partial charge in [-0.1, -0.05) is 24.6 Å². The Morgan fingerprint density at radius 1 is 0.929 bits per heavy atom. The monoisotopic (exact) mass is 383 g/mol. The zero-order valence-electron chi connectivity index (χ0n) is 16.3. The summed E-state index contributed by atoms with van der Waals surface area (Å²) in [4.78, 5) is 35.2. The number of Topliss-reactive ketones (excluding diaryl/α,β-unsaturated/α-hetero) is 1. The standard InChI is InChI=1S/C21H25N3O4/c1-4-19(25)16-6-8-17(9-7-16)28-13-21(27)24-23-20(26)12-22-18-10-5-14(2)11-15(18)3/h5-11,22H,4,12-13H2,1-3H3,(H,23,26)(H,24,27). The fourth-order valence-electron chi connectivity index (χ4n) is 2.50. The number of carbonyl (C=O) groups is 3. The Morgan fingerprint density at radius 3 is 2.25 bits per heavy atom. The topological polar surface area (TPSA) is 96.5 Å². The number of hydrazine groups is 1. The number of rotatable bonds is 8. The van der Waals surface area contributed by atoms with Crippen molar-refractivity contribution in [1.29, 1.82) is 0 Å². The Kier molecular flexibility index (Phi) is 7.56. The molecule has 7 nitrogen and oxygen atoms in total. The lowest BCUT2D eigenvalue weighted by atomic mass is 10.1. The first kappa shape index (κ1) is 21.0. The summed E-state index contributed by atoms with van der Waals surface area (Å²) in [5, 5.41) is 3.02. The minimum atomic E-state index is -0.492. The number of carbonyl (C=O) groups excluding carboxylic acids is 3. The van der Waals surface area contributed by atoms with Crippen molar-refractivity contribution in [3.05, 3.63) is 59.2 Å². The van der Waals surface area contributed by atoms with Gasteiger partial charge in [0.25, 0.3) is 11.8 Å². The molecule has 2 rings (SSSR count). The number of anilines is 1. The van der Waals surface area contributed by atoms with Gasteiger partial charge in [0.1, 0.15) is 5.75 Å². The van der Waals surface area contributed by atoms with E-state index >= 15 is 0 Å². The summed E-state index contributed by atoms with van der Waals surface area (Å²) in [6, 6.07) is 12.4. The molecule has 0 aliphatic heterocycles. The van der Waals surface area contributed by atoms with Crippen molar-refractivity contribution in [2.24, 2.45) is 0 Å². The molecule has 0 aromatic heterocycles. The van der Waals surface area contributed by atoms with Crippen LogP contribution in [0.3, 0.4) is 0 Å². The SMILES string of the molecule is CCC(=O)c1ccc(OCC(=O)NNC(=O)CNc2ccc(C)cc2C)cc1. The van der Waals surface area contributed by atoms with Gasteiger partial charge >= 0.3 is 0 Å². The predicted octanol–water partition coefficient (Wildman–Crippen LogP) is 2.53. The molecule has 0 saturated heterocycles. The number of benzene rings is 2. The van der Waals surface area contributed by atoms with Gasteiger partial charge in [0.15, 0.2) is 12.4 Å². The summed E-state index contributed by atoms with van der Waals surface area (Å²) < 4.78 is 5.33. The number of hydrogen-bond donors (Lipinski definition) is 3. The highest BCUT2D eigenvalue weighted by Crippen LogP contribution is 2.15. The van der Waals surface area contributed by atoms with E-state index in [1.165, 1.54) is 0 Å². The van der Waals surface area contributed by atoms with Gasteiger partial charge in [0.05, 0.1) is 6.54 Å². The van der Waals surface area contributed by atoms with Gasteiger partial charge in [0.2, 0.25) is 0 Å². The van der Waals surface area contributed by atoms with E-state index in [4.69, 9.17) is 4.74 Å². The fraction of sp³-hybridized carbons (Fsp3) is 0.286. The first-order valence-electron chi connectivity index (χ1n) is 9.04.